The van der Waals surface area contributed by atoms with Gasteiger partial charge in [-0.15, -0.1) is 0 Å². The van der Waals surface area contributed by atoms with Crippen LogP contribution in [0.1, 0.15) is 21.3 Å². The van der Waals surface area contributed by atoms with E-state index in [-0.39, 0.29) is 7.43 Å². The van der Waals surface area contributed by atoms with Crippen LogP contribution in [0.4, 0.5) is 4.79 Å². The molecule has 0 aromatic heterocycles. The van der Waals surface area contributed by atoms with Gasteiger partial charge in [0.05, 0.1) is 14.2 Å². The second kappa shape index (κ2) is 36.0. The zero-order valence-corrected chi connectivity index (χ0v) is 6.63. The van der Waals surface area contributed by atoms with E-state index in [0.29, 0.717) is 0 Å². The van der Waals surface area contributed by atoms with Crippen LogP contribution in [-0.4, -0.2) is 20.4 Å². The van der Waals surface area contributed by atoms with Crippen LogP contribution in [0, 0.1) is 6.65 Å². The number of hydrogen-bond acceptors (Lipinski definition) is 3. The van der Waals surface area contributed by atoms with Gasteiger partial charge in [-0.1, -0.05) is 21.3 Å². The van der Waals surface area contributed by atoms with Crippen molar-refractivity contribution < 1.29 is 18.9 Å². The van der Waals surface area contributed by atoms with Crippen LogP contribution in [0.2, 0.25) is 0 Å². The van der Waals surface area contributed by atoms with E-state index in [2.05, 4.69) is 16.1 Å². The SMILES string of the molecule is C.CC.COC(=O)OC.[C-]#[O+]. The monoisotopic (exact) mass is 164 g/mol. The van der Waals surface area contributed by atoms with Gasteiger partial charge in [0.25, 0.3) is 0 Å². The Labute approximate surface area is 68.2 Å². The van der Waals surface area contributed by atoms with Crippen molar-refractivity contribution in [3.8, 4) is 0 Å². The molecule has 0 aromatic rings. The van der Waals surface area contributed by atoms with Gasteiger partial charge in [0.15, 0.2) is 0 Å². The standard InChI is InChI=1S/C3H6O3.C2H6.CO.CH4/c1-5-3(4)6-2;2*1-2;/h1-2H3;1-2H3;;1H4. The Kier molecular flexibility index (Phi) is 73.5. The first-order valence-corrected chi connectivity index (χ1v) is 2.63. The predicted molar refractivity (Wildman–Crippen MR) is 41.4 cm³/mol. The van der Waals surface area contributed by atoms with E-state index in [0.717, 1.165) is 0 Å². The molecule has 68 valence electrons. The molecule has 0 aliphatic heterocycles. The molecule has 0 aromatic carbocycles. The number of rotatable bonds is 0. The van der Waals surface area contributed by atoms with Gasteiger partial charge in [0.2, 0.25) is 0 Å². The molecule has 0 bridgehead atoms. The summed E-state index contributed by atoms with van der Waals surface area (Å²) < 4.78 is 15.6. The van der Waals surface area contributed by atoms with Crippen molar-refractivity contribution in [2.75, 3.05) is 14.2 Å². The Bertz CT molecular complexity index is 71.8. The van der Waals surface area contributed by atoms with Crippen molar-refractivity contribution in [3.63, 3.8) is 0 Å². The molecular weight excluding hydrogens is 148 g/mol. The molecule has 4 nitrogen and oxygen atoms in total. The molecule has 0 N–H and O–H groups in total. The maximum absolute atomic E-state index is 9.74. The van der Waals surface area contributed by atoms with Crippen molar-refractivity contribution in [1.82, 2.24) is 0 Å². The second-order valence-corrected chi connectivity index (χ2v) is 0.658. The molecule has 11 heavy (non-hydrogen) atoms. The molecule has 4 heteroatoms. The predicted octanol–water partition coefficient (Wildman–Crippen LogP) is 2.02. The number of hydrogen-bond donors (Lipinski definition) is 0. The summed E-state index contributed by atoms with van der Waals surface area (Å²) in [4.78, 5) is 9.74. The molecule has 0 radical (unpaired) electrons. The van der Waals surface area contributed by atoms with Gasteiger partial charge in [0.1, 0.15) is 0 Å². The van der Waals surface area contributed by atoms with Crippen molar-refractivity contribution in [3.05, 3.63) is 6.65 Å². The minimum absolute atomic E-state index is 0. The van der Waals surface area contributed by atoms with Crippen LogP contribution in [0.25, 0.3) is 0 Å². The summed E-state index contributed by atoms with van der Waals surface area (Å²) in [6.45, 7) is 8.50. The summed E-state index contributed by atoms with van der Waals surface area (Å²) >= 11 is 0. The first-order chi connectivity index (χ1) is 4.81. The molecule has 0 aliphatic rings. The Morgan fingerprint density at radius 3 is 1.36 bits per heavy atom. The van der Waals surface area contributed by atoms with Gasteiger partial charge in [-0.05, 0) is 0 Å². The van der Waals surface area contributed by atoms with Crippen LogP contribution in [0.3, 0.4) is 0 Å². The summed E-state index contributed by atoms with van der Waals surface area (Å²) in [7, 11) is 2.51. The third kappa shape index (κ3) is 48.9. The van der Waals surface area contributed by atoms with E-state index in [1.807, 2.05) is 13.8 Å². The molecule has 0 aliphatic carbocycles. The van der Waals surface area contributed by atoms with Gasteiger partial charge in [-0.3, -0.25) is 0 Å². The quantitative estimate of drug-likeness (QED) is 0.312. The maximum atomic E-state index is 9.74. The first-order valence-electron chi connectivity index (χ1n) is 2.63. The normalized spacial score (nSPS) is 4.55. The first kappa shape index (κ1) is 22.5. The van der Waals surface area contributed by atoms with E-state index >= 15 is 0 Å². The minimum atomic E-state index is -0.657. The summed E-state index contributed by atoms with van der Waals surface area (Å²) in [6.07, 6.45) is -0.657. The average molecular weight is 164 g/mol. The number of ether oxygens (including phenoxy) is 2. The fourth-order valence-electron chi connectivity index (χ4n) is 0.0833. The average Bonchev–Trinajstić information content (AvgIpc) is 2.10. The van der Waals surface area contributed by atoms with Gasteiger partial charge in [0, 0.05) is 0 Å². The van der Waals surface area contributed by atoms with E-state index in [9.17, 15) is 4.79 Å². The van der Waals surface area contributed by atoms with Crippen molar-refractivity contribution in [2.45, 2.75) is 21.3 Å². The third-order valence-corrected chi connectivity index (χ3v) is 0.333. The van der Waals surface area contributed by atoms with Gasteiger partial charge in [-0.2, -0.15) is 0 Å². The van der Waals surface area contributed by atoms with E-state index in [4.69, 9.17) is 4.65 Å². The van der Waals surface area contributed by atoms with Crippen molar-refractivity contribution in [1.29, 1.82) is 0 Å². The molecular formula is C7H16O4. The molecule has 0 spiro atoms. The van der Waals surface area contributed by atoms with Crippen LogP contribution in [0.5, 0.6) is 0 Å². The summed E-state index contributed by atoms with van der Waals surface area (Å²) in [5.41, 5.74) is 0. The Morgan fingerprint density at radius 2 is 1.36 bits per heavy atom. The van der Waals surface area contributed by atoms with E-state index < -0.39 is 6.16 Å². The van der Waals surface area contributed by atoms with Gasteiger partial charge < -0.3 is 9.47 Å². The Balaban J connectivity index is -0.0000000428. The topological polar surface area (TPSA) is 55.4 Å². The van der Waals surface area contributed by atoms with Gasteiger partial charge >= 0.3 is 17.5 Å². The summed E-state index contributed by atoms with van der Waals surface area (Å²) in [5, 5.41) is 0. The van der Waals surface area contributed by atoms with E-state index in [1.165, 1.54) is 14.2 Å². The zero-order chi connectivity index (χ0) is 8.99. The Morgan fingerprint density at radius 1 is 1.18 bits per heavy atom. The molecule has 0 atom stereocenters. The summed E-state index contributed by atoms with van der Waals surface area (Å²) in [6, 6.07) is 0. The Hall–Kier alpha value is -0.990. The molecule has 0 heterocycles. The number of methoxy groups -OCH3 is 2. The molecule has 0 amide bonds. The fraction of sp³-hybridized carbons (Fsp3) is 0.714. The van der Waals surface area contributed by atoms with Crippen molar-refractivity contribution in [2.24, 2.45) is 0 Å². The zero-order valence-electron chi connectivity index (χ0n) is 6.63. The van der Waals surface area contributed by atoms with E-state index in [1.54, 1.807) is 0 Å². The van der Waals surface area contributed by atoms with Crippen molar-refractivity contribution >= 4 is 6.16 Å². The number of carbonyl (C=O) groups is 1. The van der Waals surface area contributed by atoms with Crippen LogP contribution in [0.15, 0.2) is 0 Å². The third-order valence-electron chi connectivity index (χ3n) is 0.333. The second-order valence-electron chi connectivity index (χ2n) is 0.658. The van der Waals surface area contributed by atoms with Crippen LogP contribution < -0.4 is 0 Å². The van der Waals surface area contributed by atoms with Crippen LogP contribution >= 0.6 is 0 Å². The summed E-state index contributed by atoms with van der Waals surface area (Å²) in [5.74, 6) is 0. The van der Waals surface area contributed by atoms with Crippen LogP contribution in [-0.2, 0) is 14.1 Å². The molecule has 0 fully saturated rings. The fourth-order valence-corrected chi connectivity index (χ4v) is 0.0833. The molecule has 0 rings (SSSR count). The molecule has 0 unspecified atom stereocenters. The van der Waals surface area contributed by atoms with Gasteiger partial charge in [-0.25, -0.2) is 4.79 Å². The molecule has 0 saturated carbocycles. The molecule has 0 saturated heterocycles. The number of carbonyl (C=O) groups excluding carboxylic acids is 1.